The van der Waals surface area contributed by atoms with Gasteiger partial charge in [0.2, 0.25) is 0 Å². The van der Waals surface area contributed by atoms with Gasteiger partial charge in [-0.05, 0) is 42.9 Å². The first-order chi connectivity index (χ1) is 9.58. The van der Waals surface area contributed by atoms with Crippen LogP contribution in [0.5, 0.6) is 5.75 Å². The molecule has 1 rings (SSSR count). The van der Waals surface area contributed by atoms with E-state index in [-0.39, 0.29) is 0 Å². The van der Waals surface area contributed by atoms with Crippen molar-refractivity contribution in [1.82, 2.24) is 10.9 Å². The van der Waals surface area contributed by atoms with Crippen LogP contribution in [0.2, 0.25) is 0 Å². The molecule has 0 bridgehead atoms. The number of hydrogen-bond acceptors (Lipinski definition) is 3. The van der Waals surface area contributed by atoms with E-state index in [0.29, 0.717) is 11.8 Å². The van der Waals surface area contributed by atoms with Gasteiger partial charge >= 0.3 is 0 Å². The first kappa shape index (κ1) is 16.6. The fourth-order valence-corrected chi connectivity index (χ4v) is 2.68. The number of allylic oxidation sites excluding steroid dienone is 1. The molecule has 0 aliphatic heterocycles. The Balaban J connectivity index is 3.19. The first-order valence-electron chi connectivity index (χ1n) is 7.36. The van der Waals surface area contributed by atoms with Crippen LogP contribution in [0, 0.1) is 5.92 Å². The number of ether oxygens (including phenoxy) is 1. The molecule has 0 heterocycles. The Hall–Kier alpha value is -1.48. The van der Waals surface area contributed by atoms with Gasteiger partial charge < -0.3 is 10.2 Å². The molecule has 0 saturated heterocycles. The fraction of sp³-hybridized carbons (Fsp3) is 0.529. The molecular formula is C17H28N2O. The standard InChI is InChI=1S/C17H28N2O/c1-7-14(12(3)4)13-9-10-15(17(11-13)20-6)16(8-2)19-18-5/h8-12,14,18-19H,7H2,1-6H3/b16-8-. The van der Waals surface area contributed by atoms with Gasteiger partial charge in [-0.15, -0.1) is 0 Å². The fourth-order valence-electron chi connectivity index (χ4n) is 2.68. The van der Waals surface area contributed by atoms with Crippen LogP contribution in [-0.2, 0) is 0 Å². The normalized spacial score (nSPS) is 13.4. The highest BCUT2D eigenvalue weighted by Crippen LogP contribution is 2.33. The maximum atomic E-state index is 5.58. The van der Waals surface area contributed by atoms with Crippen LogP contribution in [0.4, 0.5) is 0 Å². The van der Waals surface area contributed by atoms with Gasteiger partial charge in [-0.1, -0.05) is 32.9 Å². The van der Waals surface area contributed by atoms with E-state index in [1.165, 1.54) is 5.56 Å². The second kappa shape index (κ2) is 7.95. The van der Waals surface area contributed by atoms with E-state index in [4.69, 9.17) is 4.74 Å². The lowest BCUT2D eigenvalue weighted by Crippen LogP contribution is -2.25. The molecule has 0 saturated carbocycles. The summed E-state index contributed by atoms with van der Waals surface area (Å²) in [5.74, 6) is 2.12. The molecule has 0 spiro atoms. The van der Waals surface area contributed by atoms with Gasteiger partial charge in [-0.3, -0.25) is 0 Å². The number of benzene rings is 1. The van der Waals surface area contributed by atoms with E-state index in [0.717, 1.165) is 23.4 Å². The smallest absolute Gasteiger partial charge is 0.128 e. The van der Waals surface area contributed by atoms with Gasteiger partial charge in [-0.25, -0.2) is 5.43 Å². The van der Waals surface area contributed by atoms with Crippen molar-refractivity contribution in [2.24, 2.45) is 5.92 Å². The summed E-state index contributed by atoms with van der Waals surface area (Å²) in [5.41, 5.74) is 9.55. The summed E-state index contributed by atoms with van der Waals surface area (Å²) in [7, 11) is 3.59. The van der Waals surface area contributed by atoms with Crippen LogP contribution in [0.15, 0.2) is 24.3 Å². The predicted molar refractivity (Wildman–Crippen MR) is 86.7 cm³/mol. The minimum absolute atomic E-state index is 0.573. The molecule has 1 aromatic carbocycles. The highest BCUT2D eigenvalue weighted by atomic mass is 16.5. The molecule has 112 valence electrons. The molecule has 3 heteroatoms. The van der Waals surface area contributed by atoms with E-state index in [9.17, 15) is 0 Å². The van der Waals surface area contributed by atoms with Crippen LogP contribution < -0.4 is 15.6 Å². The third-order valence-electron chi connectivity index (χ3n) is 3.74. The maximum Gasteiger partial charge on any atom is 0.128 e. The average Bonchev–Trinajstić information content (AvgIpc) is 2.45. The maximum absolute atomic E-state index is 5.58. The van der Waals surface area contributed by atoms with E-state index in [1.807, 2.05) is 20.0 Å². The summed E-state index contributed by atoms with van der Waals surface area (Å²) in [5, 5.41) is 0. The number of methoxy groups -OCH3 is 1. The van der Waals surface area contributed by atoms with Crippen molar-refractivity contribution in [2.75, 3.05) is 14.2 Å². The monoisotopic (exact) mass is 276 g/mol. The van der Waals surface area contributed by atoms with Gasteiger partial charge in [0.05, 0.1) is 12.8 Å². The zero-order valence-corrected chi connectivity index (χ0v) is 13.6. The molecule has 0 aliphatic rings. The average molecular weight is 276 g/mol. The molecule has 20 heavy (non-hydrogen) atoms. The summed E-state index contributed by atoms with van der Waals surface area (Å²) in [6.07, 6.45) is 3.18. The van der Waals surface area contributed by atoms with Crippen molar-refractivity contribution < 1.29 is 4.74 Å². The largest absolute Gasteiger partial charge is 0.496 e. The highest BCUT2D eigenvalue weighted by Gasteiger charge is 2.16. The van der Waals surface area contributed by atoms with Crippen LogP contribution in [0.25, 0.3) is 5.70 Å². The molecule has 3 nitrogen and oxygen atoms in total. The second-order valence-electron chi connectivity index (χ2n) is 5.30. The molecule has 1 atom stereocenters. The molecule has 0 aliphatic carbocycles. The summed E-state index contributed by atoms with van der Waals surface area (Å²) in [4.78, 5) is 0. The Kier molecular flexibility index (Phi) is 6.59. The summed E-state index contributed by atoms with van der Waals surface area (Å²) in [6, 6.07) is 6.52. The number of hydrazine groups is 1. The van der Waals surface area contributed by atoms with Crippen LogP contribution in [0.1, 0.15) is 51.2 Å². The van der Waals surface area contributed by atoms with Crippen molar-refractivity contribution in [3.63, 3.8) is 0 Å². The first-order valence-corrected chi connectivity index (χ1v) is 7.36. The van der Waals surface area contributed by atoms with Crippen molar-refractivity contribution in [3.8, 4) is 5.75 Å². The Labute approximate surface area is 123 Å². The number of rotatable bonds is 7. The Bertz CT molecular complexity index is 452. The minimum atomic E-state index is 0.573. The topological polar surface area (TPSA) is 33.3 Å². The molecule has 0 aromatic heterocycles. The number of hydrogen-bond donors (Lipinski definition) is 2. The van der Waals surface area contributed by atoms with Crippen molar-refractivity contribution in [1.29, 1.82) is 0 Å². The molecular weight excluding hydrogens is 248 g/mol. The molecule has 0 radical (unpaired) electrons. The lowest BCUT2D eigenvalue weighted by atomic mass is 9.85. The zero-order chi connectivity index (χ0) is 15.1. The predicted octanol–water partition coefficient (Wildman–Crippen LogP) is 3.93. The lowest BCUT2D eigenvalue weighted by Gasteiger charge is -2.22. The summed E-state index contributed by atoms with van der Waals surface area (Å²) < 4.78 is 5.58. The highest BCUT2D eigenvalue weighted by molar-refractivity contribution is 5.69. The summed E-state index contributed by atoms with van der Waals surface area (Å²) in [6.45, 7) is 8.80. The minimum Gasteiger partial charge on any atom is -0.496 e. The van der Waals surface area contributed by atoms with Gasteiger partial charge in [0, 0.05) is 12.6 Å². The van der Waals surface area contributed by atoms with Crippen LogP contribution >= 0.6 is 0 Å². The van der Waals surface area contributed by atoms with Gasteiger partial charge in [0.25, 0.3) is 0 Å². The third-order valence-corrected chi connectivity index (χ3v) is 3.74. The van der Waals surface area contributed by atoms with Crippen molar-refractivity contribution in [2.45, 2.75) is 40.0 Å². The van der Waals surface area contributed by atoms with Gasteiger partial charge in [0.1, 0.15) is 5.75 Å². The summed E-state index contributed by atoms with van der Waals surface area (Å²) >= 11 is 0. The van der Waals surface area contributed by atoms with E-state index in [1.54, 1.807) is 7.11 Å². The van der Waals surface area contributed by atoms with Crippen LogP contribution in [-0.4, -0.2) is 14.2 Å². The van der Waals surface area contributed by atoms with Gasteiger partial charge in [-0.2, -0.15) is 0 Å². The quantitative estimate of drug-likeness (QED) is 0.740. The van der Waals surface area contributed by atoms with E-state index < -0.39 is 0 Å². The molecule has 0 fully saturated rings. The number of nitrogens with one attached hydrogen (secondary N) is 2. The lowest BCUT2D eigenvalue weighted by molar-refractivity contribution is 0.410. The van der Waals surface area contributed by atoms with E-state index >= 15 is 0 Å². The molecule has 2 N–H and O–H groups in total. The second-order valence-corrected chi connectivity index (χ2v) is 5.30. The third kappa shape index (κ3) is 3.76. The Morgan fingerprint density at radius 3 is 2.50 bits per heavy atom. The Morgan fingerprint density at radius 2 is 2.05 bits per heavy atom. The molecule has 1 unspecified atom stereocenters. The molecule has 1 aromatic rings. The van der Waals surface area contributed by atoms with Crippen LogP contribution in [0.3, 0.4) is 0 Å². The zero-order valence-electron chi connectivity index (χ0n) is 13.6. The van der Waals surface area contributed by atoms with Crippen molar-refractivity contribution in [3.05, 3.63) is 35.4 Å². The van der Waals surface area contributed by atoms with E-state index in [2.05, 4.69) is 49.8 Å². The van der Waals surface area contributed by atoms with Gasteiger partial charge in [0.15, 0.2) is 0 Å². The SMILES string of the molecule is C/C=C(\NNC)c1ccc(C(CC)C(C)C)cc1OC. The Morgan fingerprint density at radius 1 is 1.35 bits per heavy atom. The molecule has 0 amide bonds. The van der Waals surface area contributed by atoms with Crippen molar-refractivity contribution >= 4 is 5.70 Å².